The van der Waals surface area contributed by atoms with Crippen LogP contribution in [0.3, 0.4) is 0 Å². The number of ether oxygens (including phenoxy) is 1. The Morgan fingerprint density at radius 2 is 1.89 bits per heavy atom. The highest BCUT2D eigenvalue weighted by Crippen LogP contribution is 2.29. The van der Waals surface area contributed by atoms with Crippen molar-refractivity contribution in [3.63, 3.8) is 0 Å². The molecule has 1 saturated heterocycles. The van der Waals surface area contributed by atoms with E-state index in [0.717, 1.165) is 20.5 Å². The summed E-state index contributed by atoms with van der Waals surface area (Å²) < 4.78 is 6.35. The first-order chi connectivity index (χ1) is 13.3. The predicted molar refractivity (Wildman–Crippen MR) is 110 cm³/mol. The number of hydrogen-bond donors (Lipinski definition) is 1. The van der Waals surface area contributed by atoms with Gasteiger partial charge in [-0.1, -0.05) is 28.1 Å². The van der Waals surface area contributed by atoms with Gasteiger partial charge in [0, 0.05) is 10.0 Å². The average molecular weight is 443 g/mol. The molecule has 0 aromatic heterocycles. The number of nitrogens with zero attached hydrogens (tertiary/aromatic N) is 1. The number of halogens is 1. The Morgan fingerprint density at radius 3 is 2.61 bits per heavy atom. The van der Waals surface area contributed by atoms with Crippen molar-refractivity contribution in [1.82, 2.24) is 5.32 Å². The fourth-order valence-electron chi connectivity index (χ4n) is 2.93. The normalized spacial score (nSPS) is 15.8. The van der Waals surface area contributed by atoms with Gasteiger partial charge in [0.05, 0.1) is 12.3 Å². The van der Waals surface area contributed by atoms with Gasteiger partial charge in [-0.3, -0.25) is 14.9 Å². The Labute approximate surface area is 171 Å². The molecule has 1 aliphatic rings. The fourth-order valence-corrected chi connectivity index (χ4v) is 3.31. The van der Waals surface area contributed by atoms with Crippen LogP contribution >= 0.6 is 15.9 Å². The molecule has 1 heterocycles. The van der Waals surface area contributed by atoms with Gasteiger partial charge in [0.1, 0.15) is 11.3 Å². The molecule has 2 aromatic rings. The van der Waals surface area contributed by atoms with Crippen molar-refractivity contribution < 1.29 is 19.1 Å². The quantitative estimate of drug-likeness (QED) is 0.570. The number of urea groups is 1. The second-order valence-electron chi connectivity index (χ2n) is 6.29. The highest BCUT2D eigenvalue weighted by Gasteiger charge is 2.37. The summed E-state index contributed by atoms with van der Waals surface area (Å²) in [4.78, 5) is 38.9. The van der Waals surface area contributed by atoms with Crippen molar-refractivity contribution in [1.29, 1.82) is 0 Å². The summed E-state index contributed by atoms with van der Waals surface area (Å²) in [6.07, 6.45) is 1.44. The van der Waals surface area contributed by atoms with E-state index < -0.39 is 17.8 Å². The van der Waals surface area contributed by atoms with Gasteiger partial charge in [0.15, 0.2) is 0 Å². The highest BCUT2D eigenvalue weighted by atomic mass is 79.9. The van der Waals surface area contributed by atoms with E-state index in [1.807, 2.05) is 32.9 Å². The monoisotopic (exact) mass is 442 g/mol. The second kappa shape index (κ2) is 7.98. The molecule has 1 aliphatic heterocycles. The summed E-state index contributed by atoms with van der Waals surface area (Å²) in [5, 5.41) is 2.25. The van der Waals surface area contributed by atoms with E-state index in [1.165, 1.54) is 6.08 Å². The second-order valence-corrected chi connectivity index (χ2v) is 7.21. The average Bonchev–Trinajstić information content (AvgIpc) is 2.64. The minimum absolute atomic E-state index is 0.139. The van der Waals surface area contributed by atoms with E-state index in [9.17, 15) is 14.4 Å². The third-order valence-corrected chi connectivity index (χ3v) is 4.98. The zero-order chi connectivity index (χ0) is 20.4. The van der Waals surface area contributed by atoms with Crippen LogP contribution in [0.2, 0.25) is 0 Å². The topological polar surface area (TPSA) is 75.7 Å². The largest absolute Gasteiger partial charge is 0.493 e. The molecule has 0 radical (unpaired) electrons. The molecule has 0 bridgehead atoms. The lowest BCUT2D eigenvalue weighted by molar-refractivity contribution is -0.122. The van der Waals surface area contributed by atoms with Crippen LogP contribution < -0.4 is 15.0 Å². The molecular weight excluding hydrogens is 424 g/mol. The maximum absolute atomic E-state index is 13.1. The fraction of sp³-hybridized carbons (Fsp3) is 0.190. The van der Waals surface area contributed by atoms with Gasteiger partial charge in [0.25, 0.3) is 11.8 Å². The van der Waals surface area contributed by atoms with Crippen molar-refractivity contribution in [2.75, 3.05) is 11.5 Å². The van der Waals surface area contributed by atoms with Crippen molar-refractivity contribution in [2.24, 2.45) is 0 Å². The van der Waals surface area contributed by atoms with Crippen LogP contribution in [0.15, 0.2) is 46.4 Å². The van der Waals surface area contributed by atoms with Crippen LogP contribution in [-0.4, -0.2) is 24.5 Å². The van der Waals surface area contributed by atoms with Crippen LogP contribution in [0.5, 0.6) is 5.75 Å². The molecule has 28 heavy (non-hydrogen) atoms. The first-order valence-electron chi connectivity index (χ1n) is 8.73. The number of benzene rings is 2. The number of anilines is 1. The minimum atomic E-state index is -0.764. The summed E-state index contributed by atoms with van der Waals surface area (Å²) in [6, 6.07) is 9.87. The SMILES string of the molecule is CCOc1ccc(Br)cc1/C=C1\C(=O)NC(=O)N(c2cccc(C)c2C)C1=O. The number of nitrogens with one attached hydrogen (secondary N) is 1. The number of rotatable bonds is 4. The van der Waals surface area contributed by atoms with Crippen LogP contribution in [0.25, 0.3) is 6.08 Å². The van der Waals surface area contributed by atoms with Gasteiger partial charge in [0.2, 0.25) is 0 Å². The van der Waals surface area contributed by atoms with Gasteiger partial charge >= 0.3 is 6.03 Å². The summed E-state index contributed by atoms with van der Waals surface area (Å²) in [5.74, 6) is -0.877. The molecule has 0 saturated carbocycles. The predicted octanol–water partition coefficient (Wildman–Crippen LogP) is 4.13. The van der Waals surface area contributed by atoms with Crippen LogP contribution in [-0.2, 0) is 9.59 Å². The van der Waals surface area contributed by atoms with Crippen molar-refractivity contribution in [3.05, 3.63) is 63.1 Å². The molecule has 6 nitrogen and oxygen atoms in total. The molecule has 0 unspecified atom stereocenters. The van der Waals surface area contributed by atoms with Crippen LogP contribution in [0.4, 0.5) is 10.5 Å². The summed E-state index contributed by atoms with van der Waals surface area (Å²) in [7, 11) is 0. The van der Waals surface area contributed by atoms with Crippen molar-refractivity contribution >= 4 is 45.5 Å². The lowest BCUT2D eigenvalue weighted by Gasteiger charge is -2.28. The molecule has 1 N–H and O–H groups in total. The smallest absolute Gasteiger partial charge is 0.335 e. The molecule has 0 aliphatic carbocycles. The lowest BCUT2D eigenvalue weighted by atomic mass is 10.0. The van der Waals surface area contributed by atoms with E-state index in [4.69, 9.17) is 4.74 Å². The number of carbonyl (C=O) groups is 3. The Balaban J connectivity index is 2.10. The Morgan fingerprint density at radius 1 is 1.14 bits per heavy atom. The number of aryl methyl sites for hydroxylation is 1. The summed E-state index contributed by atoms with van der Waals surface area (Å²) >= 11 is 3.38. The van der Waals surface area contributed by atoms with Gasteiger partial charge < -0.3 is 4.74 Å². The molecular formula is C21H19BrN2O4. The zero-order valence-corrected chi connectivity index (χ0v) is 17.3. The minimum Gasteiger partial charge on any atom is -0.493 e. The number of amides is 4. The Bertz CT molecular complexity index is 1010. The molecule has 0 spiro atoms. The standard InChI is InChI=1S/C21H19BrN2O4/c1-4-28-18-9-8-15(22)10-14(18)11-16-19(25)23-21(27)24(20(16)26)17-7-5-6-12(2)13(17)3/h5-11H,4H2,1-3H3,(H,23,25,27)/b16-11+. The number of imide groups is 2. The molecule has 2 aromatic carbocycles. The number of hydrogen-bond acceptors (Lipinski definition) is 4. The first-order valence-corrected chi connectivity index (χ1v) is 9.52. The Kier molecular flexibility index (Phi) is 5.65. The Hall–Kier alpha value is -2.93. The molecule has 144 valence electrons. The van der Waals surface area contributed by atoms with Gasteiger partial charge in [-0.15, -0.1) is 0 Å². The van der Waals surface area contributed by atoms with Crippen LogP contribution in [0, 0.1) is 13.8 Å². The van der Waals surface area contributed by atoms with Gasteiger partial charge in [-0.2, -0.15) is 0 Å². The highest BCUT2D eigenvalue weighted by molar-refractivity contribution is 9.10. The molecule has 1 fully saturated rings. The van der Waals surface area contributed by atoms with E-state index >= 15 is 0 Å². The van der Waals surface area contributed by atoms with Crippen LogP contribution in [0.1, 0.15) is 23.6 Å². The van der Waals surface area contributed by atoms with E-state index in [-0.39, 0.29) is 5.57 Å². The molecule has 7 heteroatoms. The van der Waals surface area contributed by atoms with E-state index in [2.05, 4.69) is 21.2 Å². The lowest BCUT2D eigenvalue weighted by Crippen LogP contribution is -2.54. The summed E-state index contributed by atoms with van der Waals surface area (Å²) in [6.45, 7) is 6.00. The summed E-state index contributed by atoms with van der Waals surface area (Å²) in [5.41, 5.74) is 2.59. The van der Waals surface area contributed by atoms with Gasteiger partial charge in [-0.25, -0.2) is 9.69 Å². The molecule has 3 rings (SSSR count). The van der Waals surface area contributed by atoms with Crippen molar-refractivity contribution in [3.8, 4) is 5.75 Å². The zero-order valence-electron chi connectivity index (χ0n) is 15.7. The number of barbiturate groups is 1. The maximum Gasteiger partial charge on any atom is 0.335 e. The number of carbonyl (C=O) groups excluding carboxylic acids is 3. The maximum atomic E-state index is 13.1. The van der Waals surface area contributed by atoms with Crippen molar-refractivity contribution in [2.45, 2.75) is 20.8 Å². The third kappa shape index (κ3) is 3.71. The van der Waals surface area contributed by atoms with E-state index in [1.54, 1.807) is 24.3 Å². The van der Waals surface area contributed by atoms with E-state index in [0.29, 0.717) is 23.6 Å². The first kappa shape index (κ1) is 19.8. The van der Waals surface area contributed by atoms with Gasteiger partial charge in [-0.05, 0) is 62.2 Å². The molecule has 0 atom stereocenters. The molecule has 4 amide bonds. The third-order valence-electron chi connectivity index (χ3n) is 4.49.